The quantitative estimate of drug-likeness (QED) is 0.218. The van der Waals surface area contributed by atoms with Gasteiger partial charge in [-0.05, 0) is 77.2 Å². The predicted octanol–water partition coefficient (Wildman–Crippen LogP) is 11.2. The van der Waals surface area contributed by atoms with Gasteiger partial charge in [0.05, 0.1) is 11.9 Å². The van der Waals surface area contributed by atoms with E-state index in [2.05, 4.69) is 119 Å². The standard InChI is InChI=1S/C39H24N2O2/c1-2-7-25(8-3-1)26-13-15-27(16-14-26)41(28-17-19-36-33(23-28)30-9-4-5-12-35(30)42-36)34-11-6-10-31-29(34)18-20-37-39(31)32-21-22-40-24-38(32)43-37/h1-24H. The number of benzene rings is 6. The lowest BCUT2D eigenvalue weighted by Gasteiger charge is -2.27. The summed E-state index contributed by atoms with van der Waals surface area (Å²) in [7, 11) is 0. The van der Waals surface area contributed by atoms with Crippen LogP contribution in [0.4, 0.5) is 17.1 Å². The summed E-state index contributed by atoms with van der Waals surface area (Å²) in [6, 6.07) is 46.8. The third-order valence-electron chi connectivity index (χ3n) is 8.37. The van der Waals surface area contributed by atoms with Crippen LogP contribution in [0, 0.1) is 0 Å². The van der Waals surface area contributed by atoms with E-state index in [-0.39, 0.29) is 0 Å². The molecule has 0 fully saturated rings. The minimum atomic E-state index is 0.793. The van der Waals surface area contributed by atoms with E-state index in [4.69, 9.17) is 8.83 Å². The Morgan fingerprint density at radius 3 is 2.07 bits per heavy atom. The molecule has 0 spiro atoms. The summed E-state index contributed by atoms with van der Waals surface area (Å²) < 4.78 is 12.4. The van der Waals surface area contributed by atoms with Gasteiger partial charge in [0.15, 0.2) is 5.58 Å². The minimum Gasteiger partial charge on any atom is -0.456 e. The molecule has 3 heterocycles. The molecule has 0 unspecified atom stereocenters. The summed E-state index contributed by atoms with van der Waals surface area (Å²) in [5.41, 5.74) is 9.01. The van der Waals surface area contributed by atoms with Gasteiger partial charge in [-0.15, -0.1) is 0 Å². The fourth-order valence-electron chi connectivity index (χ4n) is 6.38. The Morgan fingerprint density at radius 2 is 1.16 bits per heavy atom. The van der Waals surface area contributed by atoms with Crippen molar-refractivity contribution in [2.45, 2.75) is 0 Å². The number of aromatic nitrogens is 1. The highest BCUT2D eigenvalue weighted by atomic mass is 16.3. The number of furan rings is 2. The lowest BCUT2D eigenvalue weighted by molar-refractivity contribution is 0.667. The summed E-state index contributed by atoms with van der Waals surface area (Å²) in [6.07, 6.45) is 3.61. The summed E-state index contributed by atoms with van der Waals surface area (Å²) >= 11 is 0. The number of hydrogen-bond acceptors (Lipinski definition) is 4. The first-order valence-corrected chi connectivity index (χ1v) is 14.4. The molecule has 0 saturated heterocycles. The Hall–Kier alpha value is -5.87. The van der Waals surface area contributed by atoms with Crippen LogP contribution in [0.1, 0.15) is 0 Å². The second kappa shape index (κ2) is 9.33. The van der Waals surface area contributed by atoms with Crippen LogP contribution >= 0.6 is 0 Å². The summed E-state index contributed by atoms with van der Waals surface area (Å²) in [5.74, 6) is 0. The second-order valence-electron chi connectivity index (χ2n) is 10.8. The lowest BCUT2D eigenvalue weighted by Crippen LogP contribution is -2.10. The van der Waals surface area contributed by atoms with Gasteiger partial charge in [0, 0.05) is 44.5 Å². The van der Waals surface area contributed by atoms with E-state index in [0.29, 0.717) is 0 Å². The molecule has 0 aliphatic carbocycles. The van der Waals surface area contributed by atoms with Gasteiger partial charge < -0.3 is 13.7 Å². The number of anilines is 3. The minimum absolute atomic E-state index is 0.793. The summed E-state index contributed by atoms with van der Waals surface area (Å²) in [6.45, 7) is 0. The van der Waals surface area contributed by atoms with Crippen molar-refractivity contribution in [3.8, 4) is 11.1 Å². The zero-order chi connectivity index (χ0) is 28.3. The fraction of sp³-hybridized carbons (Fsp3) is 0. The highest BCUT2D eigenvalue weighted by Crippen LogP contribution is 2.44. The average Bonchev–Trinajstić information content (AvgIpc) is 3.64. The Balaban J connectivity index is 1.30. The van der Waals surface area contributed by atoms with Gasteiger partial charge in [0.25, 0.3) is 0 Å². The largest absolute Gasteiger partial charge is 0.456 e. The van der Waals surface area contributed by atoms with E-state index in [1.807, 2.05) is 30.5 Å². The van der Waals surface area contributed by atoms with E-state index >= 15 is 0 Å². The molecule has 0 radical (unpaired) electrons. The molecule has 3 aromatic heterocycles. The number of fused-ring (bicyclic) bond motifs is 8. The predicted molar refractivity (Wildman–Crippen MR) is 176 cm³/mol. The molecule has 6 aromatic carbocycles. The maximum absolute atomic E-state index is 6.18. The Bertz CT molecular complexity index is 2450. The molecule has 4 heteroatoms. The zero-order valence-corrected chi connectivity index (χ0v) is 23.1. The molecule has 0 amide bonds. The molecule has 0 atom stereocenters. The molecule has 0 saturated carbocycles. The molecule has 4 nitrogen and oxygen atoms in total. The topological polar surface area (TPSA) is 42.4 Å². The smallest absolute Gasteiger partial charge is 0.153 e. The number of nitrogens with zero attached hydrogens (tertiary/aromatic N) is 2. The van der Waals surface area contributed by atoms with Gasteiger partial charge in [-0.1, -0.05) is 72.8 Å². The van der Waals surface area contributed by atoms with Crippen molar-refractivity contribution in [2.24, 2.45) is 0 Å². The first-order chi connectivity index (χ1) is 21.3. The summed E-state index contributed by atoms with van der Waals surface area (Å²) in [5, 5.41) is 6.65. The van der Waals surface area contributed by atoms with Crippen molar-refractivity contribution in [3.63, 3.8) is 0 Å². The van der Waals surface area contributed by atoms with Crippen LogP contribution in [0.15, 0.2) is 155 Å². The normalized spacial score (nSPS) is 11.7. The lowest BCUT2D eigenvalue weighted by atomic mass is 10.0. The van der Waals surface area contributed by atoms with Crippen LogP contribution in [-0.2, 0) is 0 Å². The van der Waals surface area contributed by atoms with Gasteiger partial charge in [-0.2, -0.15) is 0 Å². The molecule has 43 heavy (non-hydrogen) atoms. The van der Waals surface area contributed by atoms with E-state index in [1.54, 1.807) is 6.20 Å². The van der Waals surface area contributed by atoms with Crippen LogP contribution in [0.25, 0.3) is 65.8 Å². The third-order valence-corrected chi connectivity index (χ3v) is 8.37. The third kappa shape index (κ3) is 3.74. The van der Waals surface area contributed by atoms with Gasteiger partial charge >= 0.3 is 0 Å². The van der Waals surface area contributed by atoms with E-state index in [0.717, 1.165) is 71.7 Å². The first kappa shape index (κ1) is 23.8. The van der Waals surface area contributed by atoms with E-state index in [1.165, 1.54) is 11.1 Å². The number of rotatable bonds is 4. The monoisotopic (exact) mass is 552 g/mol. The molecular weight excluding hydrogens is 528 g/mol. The molecule has 0 N–H and O–H groups in total. The molecule has 0 bridgehead atoms. The Morgan fingerprint density at radius 1 is 0.442 bits per heavy atom. The second-order valence-corrected chi connectivity index (χ2v) is 10.8. The van der Waals surface area contributed by atoms with Crippen LogP contribution in [0.3, 0.4) is 0 Å². The van der Waals surface area contributed by atoms with Gasteiger partial charge in [-0.3, -0.25) is 4.98 Å². The fourth-order valence-corrected chi connectivity index (χ4v) is 6.38. The van der Waals surface area contributed by atoms with Crippen LogP contribution < -0.4 is 4.90 Å². The molecule has 202 valence electrons. The van der Waals surface area contributed by atoms with E-state index in [9.17, 15) is 0 Å². The van der Waals surface area contributed by atoms with Crippen LogP contribution in [-0.4, -0.2) is 4.98 Å². The van der Waals surface area contributed by atoms with E-state index < -0.39 is 0 Å². The van der Waals surface area contributed by atoms with Gasteiger partial charge in [0.1, 0.15) is 16.7 Å². The highest BCUT2D eigenvalue weighted by molar-refractivity contribution is 6.21. The van der Waals surface area contributed by atoms with Crippen molar-refractivity contribution < 1.29 is 8.83 Å². The number of hydrogen-bond donors (Lipinski definition) is 0. The van der Waals surface area contributed by atoms with Crippen molar-refractivity contribution in [3.05, 3.63) is 146 Å². The maximum Gasteiger partial charge on any atom is 0.153 e. The molecule has 9 aromatic rings. The van der Waals surface area contributed by atoms with Gasteiger partial charge in [-0.25, -0.2) is 0 Å². The zero-order valence-electron chi connectivity index (χ0n) is 23.1. The maximum atomic E-state index is 6.18. The molecule has 9 rings (SSSR count). The highest BCUT2D eigenvalue weighted by Gasteiger charge is 2.19. The van der Waals surface area contributed by atoms with Crippen molar-refractivity contribution >= 4 is 71.7 Å². The number of para-hydroxylation sites is 1. The molecule has 0 aliphatic heterocycles. The summed E-state index contributed by atoms with van der Waals surface area (Å²) in [4.78, 5) is 6.62. The van der Waals surface area contributed by atoms with Crippen LogP contribution in [0.2, 0.25) is 0 Å². The average molecular weight is 553 g/mol. The van der Waals surface area contributed by atoms with Crippen molar-refractivity contribution in [2.75, 3.05) is 4.90 Å². The molecular formula is C39H24N2O2. The molecule has 0 aliphatic rings. The van der Waals surface area contributed by atoms with Gasteiger partial charge in [0.2, 0.25) is 0 Å². The Labute approximate surface area is 247 Å². The van der Waals surface area contributed by atoms with Crippen molar-refractivity contribution in [1.29, 1.82) is 0 Å². The Kier molecular flexibility index (Phi) is 5.16. The van der Waals surface area contributed by atoms with Crippen molar-refractivity contribution in [1.82, 2.24) is 4.98 Å². The number of pyridine rings is 1. The first-order valence-electron chi connectivity index (χ1n) is 14.4. The SMILES string of the molecule is c1ccc(-c2ccc(N(c3ccc4oc5ccccc5c4c3)c3cccc4c3ccc3oc5cnccc5c34)cc2)cc1. The van der Waals surface area contributed by atoms with Crippen LogP contribution in [0.5, 0.6) is 0 Å².